The predicted octanol–water partition coefficient (Wildman–Crippen LogP) is 1.13. The molecule has 1 aliphatic rings. The van der Waals surface area contributed by atoms with Crippen LogP contribution in [0.1, 0.15) is 31.9 Å². The molecule has 24 heavy (non-hydrogen) atoms. The van der Waals surface area contributed by atoms with Crippen molar-refractivity contribution >= 4 is 17.8 Å². The first-order valence-corrected chi connectivity index (χ1v) is 8.31. The van der Waals surface area contributed by atoms with Gasteiger partial charge in [0.05, 0.1) is 12.3 Å². The number of rotatable bonds is 6. The van der Waals surface area contributed by atoms with Crippen molar-refractivity contribution in [3.05, 3.63) is 11.8 Å². The number of nitrogens with one attached hydrogen (secondary N) is 2. The number of hydrogen-bond acceptors (Lipinski definition) is 4. The van der Waals surface area contributed by atoms with Gasteiger partial charge in [-0.3, -0.25) is 14.8 Å². The summed E-state index contributed by atoms with van der Waals surface area (Å²) in [4.78, 5) is 26.8. The second-order valence-corrected chi connectivity index (χ2v) is 6.12. The molecule has 1 fully saturated rings. The Morgan fingerprint density at radius 1 is 1.46 bits per heavy atom. The van der Waals surface area contributed by atoms with Gasteiger partial charge in [-0.15, -0.1) is 0 Å². The summed E-state index contributed by atoms with van der Waals surface area (Å²) >= 11 is 0. The molecule has 1 aromatic heterocycles. The van der Waals surface area contributed by atoms with E-state index in [9.17, 15) is 9.59 Å². The van der Waals surface area contributed by atoms with Crippen molar-refractivity contribution in [2.45, 2.75) is 38.1 Å². The average Bonchev–Trinajstić information content (AvgIpc) is 3.12. The Hall–Kier alpha value is -2.09. The quantitative estimate of drug-likeness (QED) is 0.814. The van der Waals surface area contributed by atoms with E-state index in [4.69, 9.17) is 4.74 Å². The lowest BCUT2D eigenvalue weighted by atomic mass is 9.96. The zero-order valence-electron chi connectivity index (χ0n) is 14.9. The Morgan fingerprint density at radius 3 is 2.83 bits per heavy atom. The summed E-state index contributed by atoms with van der Waals surface area (Å²) in [6.45, 7) is 2.77. The van der Waals surface area contributed by atoms with Crippen molar-refractivity contribution in [1.82, 2.24) is 20.0 Å². The number of anilines is 1. The summed E-state index contributed by atoms with van der Waals surface area (Å²) in [7, 11) is 4.91. The van der Waals surface area contributed by atoms with Crippen LogP contribution in [0.25, 0.3) is 0 Å². The second kappa shape index (κ2) is 7.65. The van der Waals surface area contributed by atoms with Crippen molar-refractivity contribution in [2.75, 3.05) is 32.6 Å². The zero-order chi connectivity index (χ0) is 17.7. The van der Waals surface area contributed by atoms with E-state index in [0.29, 0.717) is 18.8 Å². The third-order valence-corrected chi connectivity index (χ3v) is 4.44. The van der Waals surface area contributed by atoms with Gasteiger partial charge in [-0.25, -0.2) is 4.79 Å². The van der Waals surface area contributed by atoms with Crippen LogP contribution in [0.15, 0.2) is 6.07 Å². The van der Waals surface area contributed by atoms with E-state index in [1.54, 1.807) is 23.7 Å². The molecule has 0 spiro atoms. The van der Waals surface area contributed by atoms with E-state index in [1.165, 1.54) is 7.11 Å². The molecule has 8 heteroatoms. The van der Waals surface area contributed by atoms with Crippen LogP contribution in [-0.4, -0.2) is 59.5 Å². The van der Waals surface area contributed by atoms with Crippen LogP contribution in [-0.2, 0) is 23.0 Å². The number of methoxy groups -OCH3 is 1. The van der Waals surface area contributed by atoms with E-state index in [0.717, 1.165) is 25.0 Å². The number of aryl methyl sites for hydroxylation is 2. The van der Waals surface area contributed by atoms with Crippen molar-refractivity contribution < 1.29 is 14.3 Å². The van der Waals surface area contributed by atoms with Crippen molar-refractivity contribution in [3.8, 4) is 0 Å². The zero-order valence-corrected chi connectivity index (χ0v) is 14.9. The Morgan fingerprint density at radius 2 is 2.21 bits per heavy atom. The number of nitrogens with zero attached hydrogens (tertiary/aromatic N) is 3. The fourth-order valence-electron chi connectivity index (χ4n) is 3.30. The highest BCUT2D eigenvalue weighted by Crippen LogP contribution is 2.31. The minimum Gasteiger partial charge on any atom is -0.382 e. The van der Waals surface area contributed by atoms with E-state index in [2.05, 4.69) is 22.7 Å². The highest BCUT2D eigenvalue weighted by Gasteiger charge is 2.49. The standard InChI is InChI=1S/C16H27N5O3/c1-5-7-12-10-13(20(3)19-12)18-15(23)21-9-6-8-16(21,11-24-4)14(22)17-2/h10H,5-9,11H2,1-4H3,(H,17,22)(H,18,23). The van der Waals surface area contributed by atoms with E-state index < -0.39 is 5.54 Å². The molecule has 1 aliphatic heterocycles. The fourth-order valence-corrected chi connectivity index (χ4v) is 3.30. The normalized spacial score (nSPS) is 20.2. The minimum absolute atomic E-state index is 0.173. The van der Waals surface area contributed by atoms with E-state index >= 15 is 0 Å². The highest BCUT2D eigenvalue weighted by molar-refractivity contribution is 5.96. The summed E-state index contributed by atoms with van der Waals surface area (Å²) in [6, 6.07) is 1.56. The van der Waals surface area contributed by atoms with Gasteiger partial charge in [0.1, 0.15) is 11.4 Å². The van der Waals surface area contributed by atoms with Gasteiger partial charge in [-0.05, 0) is 19.3 Å². The van der Waals surface area contributed by atoms with Crippen LogP contribution < -0.4 is 10.6 Å². The molecule has 0 radical (unpaired) electrons. The van der Waals surface area contributed by atoms with Crippen LogP contribution >= 0.6 is 0 Å². The number of aromatic nitrogens is 2. The third-order valence-electron chi connectivity index (χ3n) is 4.44. The summed E-state index contributed by atoms with van der Waals surface area (Å²) in [5.74, 6) is 0.423. The van der Waals surface area contributed by atoms with Gasteiger partial charge in [0.2, 0.25) is 5.91 Å². The maximum atomic E-state index is 12.8. The molecular weight excluding hydrogens is 310 g/mol. The first-order valence-electron chi connectivity index (χ1n) is 8.31. The molecule has 2 N–H and O–H groups in total. The van der Waals surface area contributed by atoms with Gasteiger partial charge in [0.15, 0.2) is 0 Å². The number of ether oxygens (including phenoxy) is 1. The SMILES string of the molecule is CCCc1cc(NC(=O)N2CCCC2(COC)C(=O)NC)n(C)n1. The minimum atomic E-state index is -0.960. The number of amides is 3. The van der Waals surface area contributed by atoms with Gasteiger partial charge in [-0.2, -0.15) is 5.10 Å². The van der Waals surface area contributed by atoms with Crippen LogP contribution in [0.3, 0.4) is 0 Å². The molecule has 1 atom stereocenters. The van der Waals surface area contributed by atoms with E-state index in [1.807, 2.05) is 6.07 Å². The summed E-state index contributed by atoms with van der Waals surface area (Å²) in [6.07, 6.45) is 3.19. The molecule has 2 rings (SSSR count). The largest absolute Gasteiger partial charge is 0.382 e. The first-order chi connectivity index (χ1) is 11.5. The highest BCUT2D eigenvalue weighted by atomic mass is 16.5. The summed E-state index contributed by atoms with van der Waals surface area (Å²) < 4.78 is 6.89. The molecule has 1 aromatic rings. The van der Waals surface area contributed by atoms with Gasteiger partial charge in [-0.1, -0.05) is 13.3 Å². The molecule has 1 unspecified atom stereocenters. The lowest BCUT2D eigenvalue weighted by Gasteiger charge is -2.36. The molecule has 0 bridgehead atoms. The average molecular weight is 337 g/mol. The molecule has 0 aliphatic carbocycles. The van der Waals surface area contributed by atoms with E-state index in [-0.39, 0.29) is 18.5 Å². The molecule has 3 amide bonds. The maximum Gasteiger partial charge on any atom is 0.323 e. The number of hydrogen-bond donors (Lipinski definition) is 2. The lowest BCUT2D eigenvalue weighted by Crippen LogP contribution is -2.60. The van der Waals surface area contributed by atoms with Gasteiger partial charge in [0, 0.05) is 33.8 Å². The fraction of sp³-hybridized carbons (Fsp3) is 0.688. The topological polar surface area (TPSA) is 88.5 Å². The van der Waals surface area contributed by atoms with Gasteiger partial charge < -0.3 is 15.0 Å². The maximum absolute atomic E-state index is 12.8. The van der Waals surface area contributed by atoms with Crippen molar-refractivity contribution in [1.29, 1.82) is 0 Å². The Labute approximate surface area is 142 Å². The van der Waals surface area contributed by atoms with Crippen LogP contribution in [0, 0.1) is 0 Å². The van der Waals surface area contributed by atoms with Gasteiger partial charge in [0.25, 0.3) is 0 Å². The Bertz CT molecular complexity index is 601. The number of carbonyl (C=O) groups is 2. The molecule has 8 nitrogen and oxygen atoms in total. The molecule has 2 heterocycles. The van der Waals surface area contributed by atoms with Crippen molar-refractivity contribution in [3.63, 3.8) is 0 Å². The summed E-state index contributed by atoms with van der Waals surface area (Å²) in [5.41, 5.74) is -0.0236. The molecule has 0 saturated carbocycles. The molecule has 1 saturated heterocycles. The number of carbonyl (C=O) groups excluding carboxylic acids is 2. The predicted molar refractivity (Wildman–Crippen MR) is 90.8 cm³/mol. The number of urea groups is 1. The number of likely N-dealkylation sites (N-methyl/N-ethyl adjacent to an activating group) is 1. The van der Waals surface area contributed by atoms with Crippen molar-refractivity contribution in [2.24, 2.45) is 7.05 Å². The Balaban J connectivity index is 2.19. The molecule has 0 aromatic carbocycles. The van der Waals surface area contributed by atoms with Crippen LogP contribution in [0.5, 0.6) is 0 Å². The monoisotopic (exact) mass is 337 g/mol. The lowest BCUT2D eigenvalue weighted by molar-refractivity contribution is -0.132. The second-order valence-electron chi connectivity index (χ2n) is 6.12. The number of likely N-dealkylation sites (tertiary alicyclic amines) is 1. The summed E-state index contributed by atoms with van der Waals surface area (Å²) in [5, 5.41) is 9.91. The van der Waals surface area contributed by atoms with Crippen LogP contribution in [0.2, 0.25) is 0 Å². The first kappa shape index (κ1) is 18.3. The third kappa shape index (κ3) is 3.38. The molecular formula is C16H27N5O3. The van der Waals surface area contributed by atoms with Gasteiger partial charge >= 0.3 is 6.03 Å². The Kier molecular flexibility index (Phi) is 5.82. The molecule has 134 valence electrons. The van der Waals surface area contributed by atoms with Crippen LogP contribution in [0.4, 0.5) is 10.6 Å². The smallest absolute Gasteiger partial charge is 0.323 e.